The number of hydrogen-bond donors (Lipinski definition) is 2. The number of imidazole rings is 1. The minimum atomic E-state index is -3.63. The molecule has 2 amide bonds. The fraction of sp³-hybridized carbons (Fsp3) is 0.594. The number of hydrogen-bond acceptors (Lipinski definition) is 10. The van der Waals surface area contributed by atoms with E-state index in [9.17, 15) is 31.6 Å². The summed E-state index contributed by atoms with van der Waals surface area (Å²) < 4.78 is 61.6. The van der Waals surface area contributed by atoms with Gasteiger partial charge in [0.1, 0.15) is 6.04 Å². The monoisotopic (exact) mass is 719 g/mol. The Labute approximate surface area is 288 Å². The van der Waals surface area contributed by atoms with Crippen LogP contribution in [0.3, 0.4) is 0 Å². The number of para-hydroxylation sites is 1. The second kappa shape index (κ2) is 15.1. The lowest BCUT2D eigenvalue weighted by molar-refractivity contribution is -0.135. The normalized spacial score (nSPS) is 20.6. The Morgan fingerprint density at radius 3 is 2.40 bits per heavy atom. The summed E-state index contributed by atoms with van der Waals surface area (Å²) in [4.78, 5) is 48.0. The maximum atomic E-state index is 13.3. The van der Waals surface area contributed by atoms with E-state index >= 15 is 0 Å². The van der Waals surface area contributed by atoms with Crippen molar-refractivity contribution in [2.75, 3.05) is 51.6 Å². The predicted molar refractivity (Wildman–Crippen MR) is 180 cm³/mol. The van der Waals surface area contributed by atoms with Gasteiger partial charge in [-0.2, -0.15) is 25.8 Å². The standard InChI is InChI=1S/C32H43F2N9O6S/c1-39(50(47,48)42-17-11-22(12-18-42)37-31-35-19-23(20-36-31)49-30(33)34)13-4-14-41-15-9-21(10-16-41)24-5-3-6-25-28(24)40(2)32(46)43(25)26-7-8-27(44)38-29(26)45/h3,5-6,19-22,26,30H,4,7-18H2,1-2H3,(H,35,36,37)(H,38,44,45). The summed E-state index contributed by atoms with van der Waals surface area (Å²) in [6.07, 6.45) is 6.34. The first-order valence-electron chi connectivity index (χ1n) is 16.9. The van der Waals surface area contributed by atoms with Crippen molar-refractivity contribution in [3.8, 4) is 5.75 Å². The molecule has 3 aliphatic heterocycles. The molecule has 1 atom stereocenters. The van der Waals surface area contributed by atoms with E-state index in [4.69, 9.17) is 0 Å². The number of amides is 2. The number of fused-ring (bicyclic) bond motifs is 1. The third-order valence-corrected chi connectivity index (χ3v) is 12.0. The van der Waals surface area contributed by atoms with Crippen LogP contribution in [0.15, 0.2) is 35.4 Å². The zero-order valence-corrected chi connectivity index (χ0v) is 28.9. The van der Waals surface area contributed by atoms with Crippen LogP contribution in [-0.4, -0.2) is 112 Å². The molecule has 0 bridgehead atoms. The number of nitrogens with one attached hydrogen (secondary N) is 2. The Morgan fingerprint density at radius 1 is 1.04 bits per heavy atom. The predicted octanol–water partition coefficient (Wildman–Crippen LogP) is 2.03. The summed E-state index contributed by atoms with van der Waals surface area (Å²) in [5.41, 5.74) is 2.31. The highest BCUT2D eigenvalue weighted by Gasteiger charge is 2.34. The van der Waals surface area contributed by atoms with Crippen LogP contribution in [0.25, 0.3) is 11.0 Å². The molecule has 6 rings (SSSR count). The Kier molecular flexibility index (Phi) is 10.8. The second-order valence-corrected chi connectivity index (χ2v) is 15.2. The zero-order chi connectivity index (χ0) is 35.6. The van der Waals surface area contributed by atoms with E-state index in [2.05, 4.69) is 36.3 Å². The molecule has 50 heavy (non-hydrogen) atoms. The molecule has 1 unspecified atom stereocenters. The molecule has 272 valence electrons. The van der Waals surface area contributed by atoms with Gasteiger partial charge in [0, 0.05) is 46.2 Å². The van der Waals surface area contributed by atoms with E-state index in [1.165, 1.54) is 13.2 Å². The lowest BCUT2D eigenvalue weighted by Crippen LogP contribution is -2.48. The van der Waals surface area contributed by atoms with Gasteiger partial charge in [0.25, 0.3) is 10.2 Å². The van der Waals surface area contributed by atoms with Crippen molar-refractivity contribution in [3.63, 3.8) is 0 Å². The van der Waals surface area contributed by atoms with Crippen molar-refractivity contribution in [2.24, 2.45) is 7.05 Å². The van der Waals surface area contributed by atoms with Gasteiger partial charge in [-0.05, 0) is 75.7 Å². The SMILES string of the molecule is CN(CCCN1CCC(c2cccc3c2n(C)c(=O)n3C2CCC(=O)NC2=O)CC1)S(=O)(=O)N1CCC(Nc2ncc(OC(F)F)cn2)CC1. The summed E-state index contributed by atoms with van der Waals surface area (Å²) in [7, 11) is -0.303. The van der Waals surface area contributed by atoms with Crippen molar-refractivity contribution in [1.82, 2.24) is 37.9 Å². The second-order valence-electron chi connectivity index (χ2n) is 13.1. The number of carbonyl (C=O) groups excluding carboxylic acids is 2. The van der Waals surface area contributed by atoms with Gasteiger partial charge in [-0.1, -0.05) is 12.1 Å². The van der Waals surface area contributed by atoms with Gasteiger partial charge in [-0.25, -0.2) is 14.8 Å². The third kappa shape index (κ3) is 7.67. The lowest BCUT2D eigenvalue weighted by atomic mass is 9.88. The Hall–Kier alpha value is -4.00. The maximum Gasteiger partial charge on any atom is 0.387 e. The highest BCUT2D eigenvalue weighted by Crippen LogP contribution is 2.34. The third-order valence-electron chi connectivity index (χ3n) is 9.99. The number of piperidine rings is 3. The topological polar surface area (TPSA) is 164 Å². The number of ether oxygens (including phenoxy) is 1. The van der Waals surface area contributed by atoms with Crippen molar-refractivity contribution < 1.29 is 31.5 Å². The molecule has 0 saturated carbocycles. The molecule has 3 aromatic rings. The quantitative estimate of drug-likeness (QED) is 0.265. The summed E-state index contributed by atoms with van der Waals surface area (Å²) in [5.74, 6) is -0.420. The Morgan fingerprint density at radius 2 is 1.74 bits per heavy atom. The first-order valence-corrected chi connectivity index (χ1v) is 18.3. The zero-order valence-electron chi connectivity index (χ0n) is 28.1. The summed E-state index contributed by atoms with van der Waals surface area (Å²) in [5, 5.41) is 5.49. The van der Waals surface area contributed by atoms with E-state index in [1.807, 2.05) is 12.1 Å². The number of aromatic nitrogens is 4. The van der Waals surface area contributed by atoms with Crippen molar-refractivity contribution in [2.45, 2.75) is 69.6 Å². The number of alkyl halides is 2. The lowest BCUT2D eigenvalue weighted by Gasteiger charge is -2.35. The van der Waals surface area contributed by atoms with Gasteiger partial charge >= 0.3 is 12.3 Å². The molecule has 2 aromatic heterocycles. The number of rotatable bonds is 12. The van der Waals surface area contributed by atoms with Gasteiger partial charge in [-0.3, -0.25) is 24.0 Å². The van der Waals surface area contributed by atoms with Crippen LogP contribution in [0.5, 0.6) is 5.75 Å². The number of carbonyl (C=O) groups is 2. The summed E-state index contributed by atoms with van der Waals surface area (Å²) in [6, 6.07) is 5.05. The summed E-state index contributed by atoms with van der Waals surface area (Å²) in [6.45, 7) is 0.531. The van der Waals surface area contributed by atoms with Crippen LogP contribution < -0.4 is 21.1 Å². The average molecular weight is 720 g/mol. The van der Waals surface area contributed by atoms with Gasteiger partial charge in [-0.15, -0.1) is 0 Å². The molecule has 3 aliphatic rings. The van der Waals surface area contributed by atoms with E-state index in [1.54, 1.807) is 18.7 Å². The smallest absolute Gasteiger partial charge is 0.387 e. The molecule has 2 N–H and O–H groups in total. The highest BCUT2D eigenvalue weighted by atomic mass is 32.2. The number of halogens is 2. The molecular weight excluding hydrogens is 676 g/mol. The largest absolute Gasteiger partial charge is 0.432 e. The van der Waals surface area contributed by atoms with Gasteiger partial charge in [0.2, 0.25) is 17.8 Å². The number of benzene rings is 1. The molecule has 3 fully saturated rings. The van der Waals surface area contributed by atoms with E-state index in [0.29, 0.717) is 44.4 Å². The number of aryl methyl sites for hydroxylation is 1. The molecule has 5 heterocycles. The minimum Gasteiger partial charge on any atom is -0.432 e. The van der Waals surface area contributed by atoms with Crippen molar-refractivity contribution in [3.05, 3.63) is 46.6 Å². The molecular formula is C32H43F2N9O6S. The van der Waals surface area contributed by atoms with Gasteiger partial charge in [0.15, 0.2) is 5.75 Å². The number of nitrogens with zero attached hydrogens (tertiary/aromatic N) is 7. The highest BCUT2D eigenvalue weighted by molar-refractivity contribution is 7.86. The number of anilines is 1. The van der Waals surface area contributed by atoms with Crippen LogP contribution >= 0.6 is 0 Å². The van der Waals surface area contributed by atoms with Crippen molar-refractivity contribution >= 4 is 39.0 Å². The number of imide groups is 1. The van der Waals surface area contributed by atoms with E-state index in [0.717, 1.165) is 55.9 Å². The maximum absolute atomic E-state index is 13.3. The first kappa shape index (κ1) is 35.8. The van der Waals surface area contributed by atoms with Crippen LogP contribution in [0.1, 0.15) is 62.5 Å². The average Bonchev–Trinajstić information content (AvgIpc) is 3.35. The fourth-order valence-electron chi connectivity index (χ4n) is 7.29. The molecule has 3 saturated heterocycles. The molecule has 1 aromatic carbocycles. The molecule has 0 aliphatic carbocycles. The Bertz CT molecular complexity index is 1850. The van der Waals surface area contributed by atoms with E-state index < -0.39 is 28.8 Å². The van der Waals surface area contributed by atoms with Crippen LogP contribution in [-0.2, 0) is 26.8 Å². The first-order chi connectivity index (χ1) is 23.9. The van der Waals surface area contributed by atoms with Gasteiger partial charge < -0.3 is 15.0 Å². The minimum absolute atomic E-state index is 0.0568. The van der Waals surface area contributed by atoms with Crippen LogP contribution in [0, 0.1) is 0 Å². The number of likely N-dealkylation sites (tertiary alicyclic amines) is 1. The molecule has 0 radical (unpaired) electrons. The fourth-order valence-corrected chi connectivity index (χ4v) is 8.72. The van der Waals surface area contributed by atoms with Crippen molar-refractivity contribution in [1.29, 1.82) is 0 Å². The molecule has 18 heteroatoms. The van der Waals surface area contributed by atoms with Crippen LogP contribution in [0.2, 0.25) is 0 Å². The summed E-state index contributed by atoms with van der Waals surface area (Å²) >= 11 is 0. The molecule has 0 spiro atoms. The molecule has 15 nitrogen and oxygen atoms in total. The Balaban J connectivity index is 0.969. The van der Waals surface area contributed by atoms with E-state index in [-0.39, 0.29) is 48.1 Å². The van der Waals surface area contributed by atoms with Crippen LogP contribution in [0.4, 0.5) is 14.7 Å². The van der Waals surface area contributed by atoms with Gasteiger partial charge in [0.05, 0.1) is 23.4 Å².